The Labute approximate surface area is 527 Å². The summed E-state index contributed by atoms with van der Waals surface area (Å²) in [5, 5.41) is 2.17. The number of rotatable bonds is 12. The average Bonchev–Trinajstić information content (AvgIpc) is 1.40. The van der Waals surface area contributed by atoms with Gasteiger partial charge < -0.3 is 14.5 Å². The molecular weight excluding hydrogens is 1130 g/mol. The predicted octanol–water partition coefficient (Wildman–Crippen LogP) is 23.9. The number of hydrogen-bond acceptors (Lipinski definition) is 4. The van der Waals surface area contributed by atoms with Crippen LogP contribution in [0.25, 0.3) is 61.0 Å². The first-order valence-corrected chi connectivity index (χ1v) is 32.6. The molecule has 2 aliphatic carbocycles. The van der Waals surface area contributed by atoms with Gasteiger partial charge in [-0.15, -0.1) is 0 Å². The van der Waals surface area contributed by atoms with Gasteiger partial charge in [0.2, 0.25) is 5.82 Å². The summed E-state index contributed by atoms with van der Waals surface area (Å²) in [5.74, 6) is -6.94. The summed E-state index contributed by atoms with van der Waals surface area (Å²) in [6.07, 6.45) is 13.5. The summed E-state index contributed by atoms with van der Waals surface area (Å²) >= 11 is 0. The molecule has 0 spiro atoms. The van der Waals surface area contributed by atoms with Crippen LogP contribution < -0.4 is 14.5 Å². The number of fused-ring (bicyclic) bond motifs is 4. The number of pyridine rings is 1. The van der Waals surface area contributed by atoms with Crippen LogP contribution in [0.1, 0.15) is 190 Å². The van der Waals surface area contributed by atoms with Crippen LogP contribution in [0.3, 0.4) is 0 Å². The molecule has 462 valence electrons. The SMILES string of the molecule is CC(C)c1cc(-c2cc(C(C)(C)C)cc(-c3c(F)c(F)c(F)c(F)c3F)c2N2CN(c3cc(Oc4ccc5c6ccccc6n(-c6cc(C(C)(C)C)ccn6)c5c4)cc(-c4c(C5CCCCC5)cccc4C4CCCCC4)c3)c3ccccc32)cc(C(C)C)c1. The average molecular weight is 1210 g/mol. The zero-order chi connectivity index (χ0) is 63.1. The van der Waals surface area contributed by atoms with Crippen molar-refractivity contribution in [1.82, 2.24) is 9.55 Å². The van der Waals surface area contributed by atoms with Crippen LogP contribution in [-0.4, -0.2) is 16.2 Å². The number of aromatic nitrogens is 2. The summed E-state index contributed by atoms with van der Waals surface area (Å²) in [6.45, 7) is 21.2. The van der Waals surface area contributed by atoms with E-state index in [0.29, 0.717) is 45.8 Å². The number of anilines is 4. The maximum atomic E-state index is 17.0. The van der Waals surface area contributed by atoms with Crippen molar-refractivity contribution in [2.75, 3.05) is 16.5 Å². The Morgan fingerprint density at radius 1 is 0.467 bits per heavy atom. The minimum Gasteiger partial charge on any atom is -0.457 e. The molecule has 90 heavy (non-hydrogen) atoms. The van der Waals surface area contributed by atoms with Crippen molar-refractivity contribution in [2.24, 2.45) is 0 Å². The maximum Gasteiger partial charge on any atom is 0.200 e. The molecule has 2 fully saturated rings. The lowest BCUT2D eigenvalue weighted by Gasteiger charge is -2.31. The molecule has 0 N–H and O–H groups in total. The van der Waals surface area contributed by atoms with Crippen LogP contribution in [0, 0.1) is 29.1 Å². The van der Waals surface area contributed by atoms with Crippen LogP contribution in [0.2, 0.25) is 0 Å². The Bertz CT molecular complexity index is 4310. The van der Waals surface area contributed by atoms with Crippen LogP contribution in [0.4, 0.5) is 44.7 Å². The first-order chi connectivity index (χ1) is 43.1. The van der Waals surface area contributed by atoms with Gasteiger partial charge in [0.15, 0.2) is 23.3 Å². The monoisotopic (exact) mass is 1210 g/mol. The normalized spacial score (nSPS) is 15.3. The molecule has 0 unspecified atom stereocenters. The van der Waals surface area contributed by atoms with E-state index >= 15 is 22.0 Å². The standard InChI is InChI=1S/C80H81F5N4O/c1-47(2)51-36-52(48(3)4)38-53(37-51)64-41-56(80(8,9)10)42-65(72-73(81)75(83)77(85)76(84)74(72)82)78(64)88-46-87(67-30-19-20-31-68(67)88)57-39-54(71-60(49-22-13-11-14-23-49)27-21-28-61(71)50-24-15-12-16-25-50)40-59(44-57)90-58-32-33-63-62-26-17-18-29-66(62)89(69(63)45-58)70-43-55(34-35-86-70)79(5,6)7/h17-21,26-45,47-50H,11-16,22-25,46H2,1-10H3. The molecule has 1 aliphatic heterocycles. The first kappa shape index (κ1) is 60.7. The van der Waals surface area contributed by atoms with Gasteiger partial charge in [0.05, 0.1) is 33.7 Å². The van der Waals surface area contributed by atoms with Crippen LogP contribution in [0.5, 0.6) is 11.5 Å². The zero-order valence-corrected chi connectivity index (χ0v) is 53.6. The fourth-order valence-corrected chi connectivity index (χ4v) is 14.5. The van der Waals surface area contributed by atoms with Crippen molar-refractivity contribution >= 4 is 44.6 Å². The fourth-order valence-electron chi connectivity index (χ4n) is 14.5. The third-order valence-electron chi connectivity index (χ3n) is 19.5. The predicted molar refractivity (Wildman–Crippen MR) is 360 cm³/mol. The molecule has 10 heteroatoms. The van der Waals surface area contributed by atoms with Crippen LogP contribution in [-0.2, 0) is 10.8 Å². The highest BCUT2D eigenvalue weighted by Gasteiger charge is 2.37. The molecule has 0 atom stereocenters. The summed E-state index contributed by atoms with van der Waals surface area (Å²) < 4.78 is 90.7. The van der Waals surface area contributed by atoms with Gasteiger partial charge in [0, 0.05) is 45.9 Å². The Morgan fingerprint density at radius 2 is 1.03 bits per heavy atom. The van der Waals surface area contributed by atoms with Gasteiger partial charge in [-0.2, -0.15) is 0 Å². The van der Waals surface area contributed by atoms with Crippen molar-refractivity contribution in [3.63, 3.8) is 0 Å². The van der Waals surface area contributed by atoms with Gasteiger partial charge in [-0.05, 0) is 177 Å². The number of benzene rings is 8. The maximum absolute atomic E-state index is 17.0. The van der Waals surface area contributed by atoms with Crippen molar-refractivity contribution in [2.45, 2.75) is 168 Å². The molecule has 10 aromatic rings. The lowest BCUT2D eigenvalue weighted by Crippen LogP contribution is -2.26. The second kappa shape index (κ2) is 23.9. The largest absolute Gasteiger partial charge is 0.457 e. The lowest BCUT2D eigenvalue weighted by atomic mass is 9.75. The summed E-state index contributed by atoms with van der Waals surface area (Å²) in [4.78, 5) is 9.19. The minimum absolute atomic E-state index is 0.0971. The molecule has 13 rings (SSSR count). The van der Waals surface area contributed by atoms with Crippen LogP contribution in [0.15, 0.2) is 152 Å². The van der Waals surface area contributed by atoms with Gasteiger partial charge in [0.25, 0.3) is 0 Å². The number of ether oxygens (including phenoxy) is 1. The highest BCUT2D eigenvalue weighted by atomic mass is 19.2. The smallest absolute Gasteiger partial charge is 0.200 e. The number of hydrogen-bond donors (Lipinski definition) is 0. The first-order valence-electron chi connectivity index (χ1n) is 32.6. The van der Waals surface area contributed by atoms with Crippen molar-refractivity contribution in [3.05, 3.63) is 214 Å². The molecule has 2 saturated carbocycles. The molecule has 0 amide bonds. The third kappa shape index (κ3) is 11.1. The van der Waals surface area contributed by atoms with E-state index in [0.717, 1.165) is 86.9 Å². The molecule has 0 radical (unpaired) electrons. The van der Waals surface area contributed by atoms with E-state index in [4.69, 9.17) is 9.72 Å². The van der Waals surface area contributed by atoms with E-state index in [1.54, 1.807) is 6.07 Å². The second-order valence-corrected chi connectivity index (χ2v) is 28.3. The Kier molecular flexibility index (Phi) is 16.1. The lowest BCUT2D eigenvalue weighted by molar-refractivity contribution is 0.381. The van der Waals surface area contributed by atoms with E-state index in [9.17, 15) is 0 Å². The fraction of sp³-hybridized carbons (Fsp3) is 0.338. The van der Waals surface area contributed by atoms with Crippen molar-refractivity contribution in [3.8, 4) is 50.7 Å². The molecule has 3 heterocycles. The Balaban J connectivity index is 1.05. The van der Waals surface area contributed by atoms with Crippen molar-refractivity contribution < 1.29 is 26.7 Å². The molecule has 2 aromatic heterocycles. The molecule has 5 nitrogen and oxygen atoms in total. The van der Waals surface area contributed by atoms with Gasteiger partial charge in [-0.3, -0.25) is 4.57 Å². The van der Waals surface area contributed by atoms with E-state index in [1.807, 2.05) is 62.2 Å². The Morgan fingerprint density at radius 3 is 1.64 bits per heavy atom. The zero-order valence-electron chi connectivity index (χ0n) is 53.6. The summed E-state index contributed by atoms with van der Waals surface area (Å²) in [7, 11) is 0. The molecular formula is C80H81F5N4O. The molecule has 0 bridgehead atoms. The summed E-state index contributed by atoms with van der Waals surface area (Å²) in [5.41, 5.74) is 13.1. The van der Waals surface area contributed by atoms with Gasteiger partial charge in [-0.1, -0.05) is 174 Å². The topological polar surface area (TPSA) is 33.5 Å². The van der Waals surface area contributed by atoms with E-state index in [-0.39, 0.29) is 29.5 Å². The third-order valence-corrected chi connectivity index (χ3v) is 19.5. The highest BCUT2D eigenvalue weighted by molar-refractivity contribution is 6.09. The minimum atomic E-state index is -2.20. The number of halogens is 5. The van der Waals surface area contributed by atoms with E-state index in [1.165, 1.54) is 60.8 Å². The Hall–Kier alpha value is -8.24. The summed E-state index contributed by atoms with van der Waals surface area (Å²) in [6, 6.07) is 50.6. The van der Waals surface area contributed by atoms with Crippen molar-refractivity contribution in [1.29, 1.82) is 0 Å². The highest BCUT2D eigenvalue weighted by Crippen LogP contribution is 2.55. The van der Waals surface area contributed by atoms with Gasteiger partial charge >= 0.3 is 0 Å². The second-order valence-electron chi connectivity index (χ2n) is 28.3. The number of nitrogens with zero attached hydrogens (tertiary/aromatic N) is 4. The van der Waals surface area contributed by atoms with E-state index < -0.39 is 40.1 Å². The molecule has 0 saturated heterocycles. The molecule has 3 aliphatic rings. The van der Waals surface area contributed by atoms with E-state index in [2.05, 4.69) is 167 Å². The number of para-hydroxylation sites is 3. The quantitative estimate of drug-likeness (QED) is 0.0693. The molecule has 8 aromatic carbocycles. The van der Waals surface area contributed by atoms with Gasteiger partial charge in [0.1, 0.15) is 24.0 Å². The van der Waals surface area contributed by atoms with Gasteiger partial charge in [-0.25, -0.2) is 26.9 Å². The van der Waals surface area contributed by atoms with Crippen LogP contribution >= 0.6 is 0 Å².